The second kappa shape index (κ2) is 6.85. The first kappa shape index (κ1) is 13.5. The summed E-state index contributed by atoms with van der Waals surface area (Å²) in [5.74, 6) is 0. The molecule has 0 spiro atoms. The van der Waals surface area contributed by atoms with Crippen LogP contribution in [-0.4, -0.2) is 38.4 Å². The second-order valence-corrected chi connectivity index (χ2v) is 3.30. The molecule has 2 N–H and O–H groups in total. The van der Waals surface area contributed by atoms with Crippen molar-refractivity contribution in [2.45, 2.75) is 25.0 Å². The van der Waals surface area contributed by atoms with E-state index >= 15 is 0 Å². The summed E-state index contributed by atoms with van der Waals surface area (Å²) in [5.41, 5.74) is 0. The Hall–Kier alpha value is 0.460. The van der Waals surface area contributed by atoms with Crippen LogP contribution in [0, 0.1) is 0 Å². The Morgan fingerprint density at radius 3 is 2.62 bits per heavy atom. The van der Waals surface area contributed by atoms with Gasteiger partial charge in [-0.3, -0.25) is 0 Å². The monoisotopic (exact) mass is 228 g/mol. The first-order valence-electron chi connectivity index (χ1n) is 4.52. The summed E-state index contributed by atoms with van der Waals surface area (Å²) in [6.07, 6.45) is 2.85. The van der Waals surface area contributed by atoms with Crippen LogP contribution in [0.3, 0.4) is 0 Å². The van der Waals surface area contributed by atoms with Gasteiger partial charge in [-0.15, -0.1) is 24.8 Å². The molecule has 0 saturated carbocycles. The lowest BCUT2D eigenvalue weighted by Gasteiger charge is -2.30. The third-order valence-corrected chi connectivity index (χ3v) is 2.53. The number of fused-ring (bicyclic) bond motifs is 1. The summed E-state index contributed by atoms with van der Waals surface area (Å²) in [5, 5.41) is 6.88. The zero-order valence-corrected chi connectivity index (χ0v) is 9.26. The molecule has 0 aliphatic carbocycles. The Morgan fingerprint density at radius 1 is 1.00 bits per heavy atom. The maximum absolute atomic E-state index is 5.66. The fourth-order valence-corrected chi connectivity index (χ4v) is 1.90. The molecule has 0 aromatic heterocycles. The molecule has 5 heteroatoms. The number of halogens is 2. The summed E-state index contributed by atoms with van der Waals surface area (Å²) in [4.78, 5) is 0. The minimum Gasteiger partial charge on any atom is -0.375 e. The predicted octanol–water partition coefficient (Wildman–Crippen LogP) is 0.570. The van der Waals surface area contributed by atoms with Gasteiger partial charge in [0.05, 0.1) is 12.7 Å². The largest absolute Gasteiger partial charge is 0.375 e. The van der Waals surface area contributed by atoms with Gasteiger partial charge in [0.25, 0.3) is 0 Å². The number of rotatable bonds is 0. The molecule has 2 saturated heterocycles. The van der Waals surface area contributed by atoms with Gasteiger partial charge >= 0.3 is 0 Å². The van der Waals surface area contributed by atoms with E-state index in [-0.39, 0.29) is 24.8 Å². The van der Waals surface area contributed by atoms with Gasteiger partial charge in [-0.2, -0.15) is 0 Å². The van der Waals surface area contributed by atoms with Crippen molar-refractivity contribution in [1.29, 1.82) is 0 Å². The lowest BCUT2D eigenvalue weighted by atomic mass is 10.1. The summed E-state index contributed by atoms with van der Waals surface area (Å²) in [6.45, 7) is 4.17. The van der Waals surface area contributed by atoms with Crippen LogP contribution in [0.1, 0.15) is 12.8 Å². The third kappa shape index (κ3) is 3.60. The van der Waals surface area contributed by atoms with E-state index in [1.807, 2.05) is 0 Å². The SMILES string of the molecule is C1C[C@H]2NCCO[C@@H]2CCN1.Cl.Cl. The number of hydrogen-bond acceptors (Lipinski definition) is 3. The highest BCUT2D eigenvalue weighted by atomic mass is 35.5. The van der Waals surface area contributed by atoms with Crippen molar-refractivity contribution >= 4 is 24.8 Å². The highest BCUT2D eigenvalue weighted by Gasteiger charge is 2.26. The number of nitrogens with one attached hydrogen (secondary N) is 2. The van der Waals surface area contributed by atoms with Crippen LogP contribution >= 0.6 is 24.8 Å². The molecule has 80 valence electrons. The summed E-state index contributed by atoms with van der Waals surface area (Å²) in [6, 6.07) is 0.610. The first-order chi connectivity index (χ1) is 5.47. The average molecular weight is 229 g/mol. The fraction of sp³-hybridized carbons (Fsp3) is 1.00. The van der Waals surface area contributed by atoms with E-state index in [4.69, 9.17) is 4.74 Å². The van der Waals surface area contributed by atoms with Crippen molar-refractivity contribution in [2.24, 2.45) is 0 Å². The van der Waals surface area contributed by atoms with E-state index in [1.165, 1.54) is 6.42 Å². The molecule has 0 aromatic carbocycles. The zero-order valence-electron chi connectivity index (χ0n) is 7.62. The van der Waals surface area contributed by atoms with Crippen LogP contribution in [0.15, 0.2) is 0 Å². The lowest BCUT2D eigenvalue weighted by Crippen LogP contribution is -2.48. The molecule has 0 radical (unpaired) electrons. The van der Waals surface area contributed by atoms with E-state index in [0.717, 1.165) is 32.7 Å². The van der Waals surface area contributed by atoms with Gasteiger partial charge in [-0.1, -0.05) is 0 Å². The maximum atomic E-state index is 5.66. The fourth-order valence-electron chi connectivity index (χ4n) is 1.90. The van der Waals surface area contributed by atoms with E-state index < -0.39 is 0 Å². The first-order valence-corrected chi connectivity index (χ1v) is 4.52. The Labute approximate surface area is 91.8 Å². The van der Waals surface area contributed by atoms with Crippen molar-refractivity contribution in [2.75, 3.05) is 26.2 Å². The molecule has 2 atom stereocenters. The molecular weight excluding hydrogens is 211 g/mol. The summed E-state index contributed by atoms with van der Waals surface area (Å²) >= 11 is 0. The molecule has 0 bridgehead atoms. The quantitative estimate of drug-likeness (QED) is 0.637. The van der Waals surface area contributed by atoms with Crippen LogP contribution in [-0.2, 0) is 4.74 Å². The van der Waals surface area contributed by atoms with Crippen molar-refractivity contribution in [3.8, 4) is 0 Å². The number of morpholine rings is 1. The number of hydrogen-bond donors (Lipinski definition) is 2. The zero-order chi connectivity index (χ0) is 7.52. The molecule has 0 unspecified atom stereocenters. The Kier molecular flexibility index (Phi) is 7.09. The minimum absolute atomic E-state index is 0. The normalized spacial score (nSPS) is 33.2. The minimum atomic E-state index is 0. The van der Waals surface area contributed by atoms with Crippen molar-refractivity contribution in [3.05, 3.63) is 0 Å². The van der Waals surface area contributed by atoms with Gasteiger partial charge in [0.2, 0.25) is 0 Å². The Morgan fingerprint density at radius 2 is 1.77 bits per heavy atom. The molecule has 3 nitrogen and oxygen atoms in total. The van der Waals surface area contributed by atoms with Crippen molar-refractivity contribution in [3.63, 3.8) is 0 Å². The van der Waals surface area contributed by atoms with Gasteiger partial charge in [0.15, 0.2) is 0 Å². The van der Waals surface area contributed by atoms with Crippen molar-refractivity contribution in [1.82, 2.24) is 10.6 Å². The molecular formula is C8H18Cl2N2O. The molecule has 2 aliphatic heterocycles. The molecule has 2 aliphatic rings. The highest BCUT2D eigenvalue weighted by molar-refractivity contribution is 5.85. The topological polar surface area (TPSA) is 33.3 Å². The Balaban J connectivity index is 0.000000720. The average Bonchev–Trinajstić information content (AvgIpc) is 2.28. The van der Waals surface area contributed by atoms with E-state index in [9.17, 15) is 0 Å². The van der Waals surface area contributed by atoms with Crippen LogP contribution in [0.25, 0.3) is 0 Å². The standard InChI is InChI=1S/C8H16N2O.2ClH/c1-3-9-4-2-8-7(1)10-5-6-11-8;;/h7-10H,1-6H2;2*1H/t7-,8-;;/m1../s1. The van der Waals surface area contributed by atoms with Gasteiger partial charge in [0.1, 0.15) is 0 Å². The molecule has 13 heavy (non-hydrogen) atoms. The van der Waals surface area contributed by atoms with Crippen LogP contribution in [0.2, 0.25) is 0 Å². The predicted molar refractivity (Wildman–Crippen MR) is 58.1 cm³/mol. The molecule has 0 amide bonds. The van der Waals surface area contributed by atoms with E-state index in [2.05, 4.69) is 10.6 Å². The summed E-state index contributed by atoms with van der Waals surface area (Å²) < 4.78 is 5.66. The van der Waals surface area contributed by atoms with Crippen LogP contribution in [0.4, 0.5) is 0 Å². The molecule has 0 aromatic rings. The third-order valence-electron chi connectivity index (χ3n) is 2.53. The lowest BCUT2D eigenvalue weighted by molar-refractivity contribution is -0.00485. The van der Waals surface area contributed by atoms with Crippen molar-refractivity contribution < 1.29 is 4.74 Å². The van der Waals surface area contributed by atoms with Gasteiger partial charge in [-0.05, 0) is 25.9 Å². The maximum Gasteiger partial charge on any atom is 0.0741 e. The second-order valence-electron chi connectivity index (χ2n) is 3.30. The molecule has 2 heterocycles. The van der Waals surface area contributed by atoms with E-state index in [0.29, 0.717) is 12.1 Å². The van der Waals surface area contributed by atoms with Crippen LogP contribution < -0.4 is 10.6 Å². The van der Waals surface area contributed by atoms with Gasteiger partial charge in [0, 0.05) is 12.6 Å². The smallest absolute Gasteiger partial charge is 0.0741 e. The van der Waals surface area contributed by atoms with E-state index in [1.54, 1.807) is 0 Å². The molecule has 2 rings (SSSR count). The molecule has 2 fully saturated rings. The number of ether oxygens (including phenoxy) is 1. The Bertz CT molecular complexity index is 123. The van der Waals surface area contributed by atoms with Gasteiger partial charge < -0.3 is 15.4 Å². The summed E-state index contributed by atoms with van der Waals surface area (Å²) in [7, 11) is 0. The van der Waals surface area contributed by atoms with Gasteiger partial charge in [-0.25, -0.2) is 0 Å². The highest BCUT2D eigenvalue weighted by Crippen LogP contribution is 2.13. The van der Waals surface area contributed by atoms with Crippen LogP contribution in [0.5, 0.6) is 0 Å².